The normalized spacial score (nSPS) is 11.9. The number of ether oxygens (including phenoxy) is 1. The Hall–Kier alpha value is -1.02. The van der Waals surface area contributed by atoms with E-state index < -0.39 is 0 Å². The largest absolute Gasteiger partial charge is 0.491 e. The van der Waals surface area contributed by atoms with Crippen molar-refractivity contribution in [3.05, 3.63) is 29.8 Å². The minimum absolute atomic E-state index is 0.130. The Morgan fingerprint density at radius 2 is 1.81 bits per heavy atom. The van der Waals surface area contributed by atoms with Gasteiger partial charge in [-0.25, -0.2) is 0 Å². The molecule has 0 unspecified atom stereocenters. The molecule has 2 heteroatoms. The Morgan fingerprint density at radius 3 is 2.38 bits per heavy atom. The van der Waals surface area contributed by atoms with Crippen LogP contribution in [0.25, 0.3) is 0 Å². The molecule has 0 radical (unpaired) electrons. The molecule has 90 valence electrons. The zero-order chi connectivity index (χ0) is 12.2. The van der Waals surface area contributed by atoms with Crippen LogP contribution in [0.5, 0.6) is 5.75 Å². The maximum absolute atomic E-state index is 5.77. The van der Waals surface area contributed by atoms with Crippen molar-refractivity contribution >= 4 is 0 Å². The zero-order valence-electron chi connectivity index (χ0n) is 11.0. The van der Waals surface area contributed by atoms with E-state index >= 15 is 0 Å². The highest BCUT2D eigenvalue weighted by Gasteiger charge is 2.11. The summed E-state index contributed by atoms with van der Waals surface area (Å²) in [5.41, 5.74) is 1.34. The standard InChI is InChI=1S/C14H23NO/c1-11(2)16-13-9-7-6-8-12(13)10-15-14(3,4)5/h6-9,11,15H,10H2,1-5H3. The first kappa shape index (κ1) is 13.0. The van der Waals surface area contributed by atoms with Crippen molar-refractivity contribution in [3.8, 4) is 5.75 Å². The molecule has 0 atom stereocenters. The van der Waals surface area contributed by atoms with E-state index in [-0.39, 0.29) is 11.6 Å². The summed E-state index contributed by atoms with van der Waals surface area (Å²) in [5.74, 6) is 0.981. The highest BCUT2D eigenvalue weighted by molar-refractivity contribution is 5.33. The van der Waals surface area contributed by atoms with Gasteiger partial charge >= 0.3 is 0 Å². The lowest BCUT2D eigenvalue weighted by Crippen LogP contribution is -2.35. The van der Waals surface area contributed by atoms with Crippen molar-refractivity contribution in [3.63, 3.8) is 0 Å². The monoisotopic (exact) mass is 221 g/mol. The lowest BCUT2D eigenvalue weighted by Gasteiger charge is -2.22. The molecular weight excluding hydrogens is 198 g/mol. The average molecular weight is 221 g/mol. The van der Waals surface area contributed by atoms with Gasteiger partial charge < -0.3 is 10.1 Å². The van der Waals surface area contributed by atoms with Gasteiger partial charge in [0.25, 0.3) is 0 Å². The molecule has 1 aromatic carbocycles. The van der Waals surface area contributed by atoms with Crippen LogP contribution in [0.4, 0.5) is 0 Å². The van der Waals surface area contributed by atoms with Gasteiger partial charge in [0, 0.05) is 17.6 Å². The first-order valence-electron chi connectivity index (χ1n) is 5.88. The van der Waals surface area contributed by atoms with Crippen molar-refractivity contribution in [1.82, 2.24) is 5.32 Å². The van der Waals surface area contributed by atoms with Crippen molar-refractivity contribution in [2.24, 2.45) is 0 Å². The first-order chi connectivity index (χ1) is 7.38. The van der Waals surface area contributed by atoms with Crippen LogP contribution in [-0.2, 0) is 6.54 Å². The molecule has 0 saturated heterocycles. The lowest BCUT2D eigenvalue weighted by molar-refractivity contribution is 0.238. The highest BCUT2D eigenvalue weighted by atomic mass is 16.5. The molecule has 2 nitrogen and oxygen atoms in total. The molecule has 0 aliphatic carbocycles. The van der Waals surface area contributed by atoms with Gasteiger partial charge in [-0.1, -0.05) is 18.2 Å². The summed E-state index contributed by atoms with van der Waals surface area (Å²) < 4.78 is 5.77. The molecule has 0 aliphatic heterocycles. The number of para-hydroxylation sites is 1. The van der Waals surface area contributed by atoms with E-state index in [0.29, 0.717) is 0 Å². The topological polar surface area (TPSA) is 21.3 Å². The van der Waals surface area contributed by atoms with Gasteiger partial charge in [-0.05, 0) is 40.7 Å². The predicted molar refractivity (Wildman–Crippen MR) is 68.8 cm³/mol. The van der Waals surface area contributed by atoms with Gasteiger partial charge in [-0.15, -0.1) is 0 Å². The Balaban J connectivity index is 2.71. The van der Waals surface area contributed by atoms with E-state index in [1.165, 1.54) is 5.56 Å². The number of rotatable bonds is 4. The van der Waals surface area contributed by atoms with Crippen LogP contribution < -0.4 is 10.1 Å². The van der Waals surface area contributed by atoms with Gasteiger partial charge in [0.2, 0.25) is 0 Å². The molecule has 1 N–H and O–H groups in total. The van der Waals surface area contributed by atoms with Crippen LogP contribution in [0.3, 0.4) is 0 Å². The SMILES string of the molecule is CC(C)Oc1ccccc1CNC(C)(C)C. The molecule has 0 spiro atoms. The summed E-state index contributed by atoms with van der Waals surface area (Å²) in [6, 6.07) is 8.20. The third-order valence-corrected chi connectivity index (χ3v) is 2.14. The minimum Gasteiger partial charge on any atom is -0.491 e. The molecule has 1 rings (SSSR count). The van der Waals surface area contributed by atoms with E-state index in [2.05, 4.69) is 32.2 Å². The lowest BCUT2D eigenvalue weighted by atomic mass is 10.1. The molecule has 0 bridgehead atoms. The summed E-state index contributed by atoms with van der Waals surface area (Å²) in [6.45, 7) is 11.4. The Labute approximate surface area is 99.0 Å². The molecule has 0 aliphatic rings. The van der Waals surface area contributed by atoms with Crippen molar-refractivity contribution in [2.45, 2.75) is 52.8 Å². The third kappa shape index (κ3) is 4.67. The quantitative estimate of drug-likeness (QED) is 0.841. The van der Waals surface area contributed by atoms with Crippen molar-refractivity contribution in [2.75, 3.05) is 0 Å². The molecular formula is C14H23NO. The summed E-state index contributed by atoms with van der Waals surface area (Å²) >= 11 is 0. The summed E-state index contributed by atoms with van der Waals surface area (Å²) in [7, 11) is 0. The molecule has 16 heavy (non-hydrogen) atoms. The first-order valence-corrected chi connectivity index (χ1v) is 5.88. The van der Waals surface area contributed by atoms with Crippen LogP contribution in [0, 0.1) is 0 Å². The van der Waals surface area contributed by atoms with Crippen LogP contribution in [-0.4, -0.2) is 11.6 Å². The number of hydrogen-bond acceptors (Lipinski definition) is 2. The second kappa shape index (κ2) is 5.35. The Morgan fingerprint density at radius 1 is 1.19 bits per heavy atom. The van der Waals surface area contributed by atoms with Gasteiger partial charge in [0.1, 0.15) is 5.75 Å². The highest BCUT2D eigenvalue weighted by Crippen LogP contribution is 2.19. The molecule has 0 fully saturated rings. The molecule has 0 aromatic heterocycles. The van der Waals surface area contributed by atoms with E-state index in [0.717, 1.165) is 12.3 Å². The average Bonchev–Trinajstić information content (AvgIpc) is 2.14. The van der Waals surface area contributed by atoms with Crippen LogP contribution in [0.2, 0.25) is 0 Å². The molecule has 1 aromatic rings. The Kier molecular flexibility index (Phi) is 4.36. The van der Waals surface area contributed by atoms with Crippen LogP contribution >= 0.6 is 0 Å². The fourth-order valence-electron chi connectivity index (χ4n) is 1.38. The van der Waals surface area contributed by atoms with E-state index in [4.69, 9.17) is 4.74 Å². The fraction of sp³-hybridized carbons (Fsp3) is 0.571. The predicted octanol–water partition coefficient (Wildman–Crippen LogP) is 3.36. The second-order valence-corrected chi connectivity index (χ2v) is 5.38. The van der Waals surface area contributed by atoms with Crippen LogP contribution in [0.15, 0.2) is 24.3 Å². The van der Waals surface area contributed by atoms with Gasteiger partial charge in [-0.2, -0.15) is 0 Å². The summed E-state index contributed by atoms with van der Waals surface area (Å²) in [5, 5.41) is 3.47. The molecule has 0 saturated carbocycles. The van der Waals surface area contributed by atoms with Crippen molar-refractivity contribution < 1.29 is 4.74 Å². The van der Waals surface area contributed by atoms with Crippen molar-refractivity contribution in [1.29, 1.82) is 0 Å². The fourth-order valence-corrected chi connectivity index (χ4v) is 1.38. The molecule has 0 heterocycles. The third-order valence-electron chi connectivity index (χ3n) is 2.14. The number of hydrogen-bond donors (Lipinski definition) is 1. The van der Waals surface area contributed by atoms with Crippen LogP contribution in [0.1, 0.15) is 40.2 Å². The maximum atomic E-state index is 5.77. The summed E-state index contributed by atoms with van der Waals surface area (Å²) in [6.07, 6.45) is 0.218. The van der Waals surface area contributed by atoms with Gasteiger partial charge in [-0.3, -0.25) is 0 Å². The zero-order valence-corrected chi connectivity index (χ0v) is 11.0. The number of benzene rings is 1. The number of nitrogens with one attached hydrogen (secondary N) is 1. The smallest absolute Gasteiger partial charge is 0.124 e. The van der Waals surface area contributed by atoms with E-state index in [1.54, 1.807) is 0 Å². The maximum Gasteiger partial charge on any atom is 0.124 e. The van der Waals surface area contributed by atoms with Gasteiger partial charge in [0.05, 0.1) is 6.10 Å². The van der Waals surface area contributed by atoms with Gasteiger partial charge in [0.15, 0.2) is 0 Å². The van der Waals surface area contributed by atoms with E-state index in [9.17, 15) is 0 Å². The second-order valence-electron chi connectivity index (χ2n) is 5.38. The van der Waals surface area contributed by atoms with E-state index in [1.807, 2.05) is 32.0 Å². The Bertz CT molecular complexity index is 326. The molecule has 0 amide bonds. The minimum atomic E-state index is 0.130. The summed E-state index contributed by atoms with van der Waals surface area (Å²) in [4.78, 5) is 0.